The summed E-state index contributed by atoms with van der Waals surface area (Å²) in [5.74, 6) is -1.02. The van der Waals surface area contributed by atoms with Crippen LogP contribution in [0.4, 0.5) is 4.39 Å². The average molecular weight is 580 g/mol. The van der Waals surface area contributed by atoms with E-state index in [1.54, 1.807) is 0 Å². The second-order valence-corrected chi connectivity index (χ2v) is 12.2. The van der Waals surface area contributed by atoms with Crippen LogP contribution in [-0.4, -0.2) is 39.4 Å². The molecule has 0 aliphatic heterocycles. The van der Waals surface area contributed by atoms with Gasteiger partial charge in [0.2, 0.25) is 15.9 Å². The number of halogens is 2. The highest BCUT2D eigenvalue weighted by Crippen LogP contribution is 2.25. The molecule has 1 aromatic heterocycles. The summed E-state index contributed by atoms with van der Waals surface area (Å²) in [6.45, 7) is 4.40. The molecule has 1 atom stereocenters. The summed E-state index contributed by atoms with van der Waals surface area (Å²) in [6, 6.07) is 14.0. The van der Waals surface area contributed by atoms with Crippen molar-refractivity contribution in [3.8, 4) is 11.1 Å². The third kappa shape index (κ3) is 8.62. The highest BCUT2D eigenvalue weighted by Gasteiger charge is 2.23. The van der Waals surface area contributed by atoms with E-state index in [-0.39, 0.29) is 34.2 Å². The molecule has 0 spiro atoms. The highest BCUT2D eigenvalue weighted by atomic mass is 35.5. The van der Waals surface area contributed by atoms with Crippen molar-refractivity contribution in [1.82, 2.24) is 15.4 Å². The van der Waals surface area contributed by atoms with Crippen LogP contribution in [0.1, 0.15) is 42.8 Å². The summed E-state index contributed by atoms with van der Waals surface area (Å²) in [6.07, 6.45) is 1.45. The molecule has 3 aromatic rings. The van der Waals surface area contributed by atoms with Gasteiger partial charge in [-0.05, 0) is 66.0 Å². The average Bonchev–Trinajstić information content (AvgIpc) is 3.36. The maximum Gasteiger partial charge on any atom is 0.262 e. The van der Waals surface area contributed by atoms with E-state index in [0.29, 0.717) is 30.7 Å². The van der Waals surface area contributed by atoms with Gasteiger partial charge in [0.05, 0.1) is 9.90 Å². The van der Waals surface area contributed by atoms with E-state index in [4.69, 9.17) is 11.6 Å². The maximum atomic E-state index is 13.2. The predicted molar refractivity (Wildman–Crippen MR) is 149 cm³/mol. The van der Waals surface area contributed by atoms with Gasteiger partial charge in [-0.2, -0.15) is 0 Å². The van der Waals surface area contributed by atoms with Gasteiger partial charge in [-0.1, -0.05) is 55.8 Å². The number of thiophene rings is 1. The molecule has 11 heteroatoms. The fourth-order valence-corrected chi connectivity index (χ4v) is 6.15. The second kappa shape index (κ2) is 13.8. The van der Waals surface area contributed by atoms with Crippen molar-refractivity contribution in [2.45, 2.75) is 44.0 Å². The number of unbranched alkanes of at least 4 members (excludes halogenated alkanes) is 1. The molecule has 0 aliphatic carbocycles. The van der Waals surface area contributed by atoms with Crippen molar-refractivity contribution >= 4 is 44.8 Å². The van der Waals surface area contributed by atoms with Gasteiger partial charge in [-0.15, -0.1) is 11.3 Å². The van der Waals surface area contributed by atoms with Crippen molar-refractivity contribution in [1.29, 1.82) is 0 Å². The number of sulfonamides is 1. The van der Waals surface area contributed by atoms with Crippen molar-refractivity contribution < 1.29 is 22.4 Å². The van der Waals surface area contributed by atoms with Crippen LogP contribution in [0.5, 0.6) is 0 Å². The first-order valence-electron chi connectivity index (χ1n) is 12.2. The van der Waals surface area contributed by atoms with Gasteiger partial charge < -0.3 is 10.6 Å². The van der Waals surface area contributed by atoms with E-state index in [9.17, 15) is 22.4 Å². The lowest BCUT2D eigenvalue weighted by molar-refractivity contribution is -0.123. The summed E-state index contributed by atoms with van der Waals surface area (Å²) in [4.78, 5) is 26.0. The Morgan fingerprint density at radius 2 is 1.71 bits per heavy atom. The van der Waals surface area contributed by atoms with Crippen molar-refractivity contribution in [3.63, 3.8) is 0 Å². The zero-order chi connectivity index (χ0) is 27.7. The van der Waals surface area contributed by atoms with Crippen LogP contribution in [0.2, 0.25) is 5.02 Å². The largest absolute Gasteiger partial charge is 0.354 e. The Morgan fingerprint density at radius 1 is 1.00 bits per heavy atom. The van der Waals surface area contributed by atoms with Gasteiger partial charge in [0.15, 0.2) is 0 Å². The van der Waals surface area contributed by atoms with Crippen LogP contribution in [0, 0.1) is 11.7 Å². The first kappa shape index (κ1) is 29.8. The Kier molecular flexibility index (Phi) is 10.8. The quantitative estimate of drug-likeness (QED) is 0.241. The molecule has 3 rings (SSSR count). The van der Waals surface area contributed by atoms with Gasteiger partial charge in [0.25, 0.3) is 5.91 Å². The monoisotopic (exact) mass is 579 g/mol. The van der Waals surface area contributed by atoms with Crippen molar-refractivity contribution in [2.75, 3.05) is 13.1 Å². The highest BCUT2D eigenvalue weighted by molar-refractivity contribution is 7.89. The Balaban J connectivity index is 1.47. The van der Waals surface area contributed by atoms with E-state index >= 15 is 0 Å². The fourth-order valence-electron chi connectivity index (χ4n) is 3.73. The number of carbonyl (C=O) groups excluding carboxylic acids is 2. The number of hydrogen-bond acceptors (Lipinski definition) is 5. The molecule has 0 saturated carbocycles. The second-order valence-electron chi connectivity index (χ2n) is 9.19. The minimum Gasteiger partial charge on any atom is -0.354 e. The van der Waals surface area contributed by atoms with Crippen LogP contribution in [0.3, 0.4) is 0 Å². The third-order valence-corrected chi connectivity index (χ3v) is 8.51. The molecule has 2 aromatic carbocycles. The van der Waals surface area contributed by atoms with Crippen molar-refractivity contribution in [2.24, 2.45) is 5.92 Å². The fraction of sp³-hybridized carbons (Fsp3) is 0.333. The van der Waals surface area contributed by atoms with E-state index in [0.717, 1.165) is 29.3 Å². The molecule has 1 heterocycles. The summed E-state index contributed by atoms with van der Waals surface area (Å²) >= 11 is 7.17. The maximum absolute atomic E-state index is 13.2. The molecule has 38 heavy (non-hydrogen) atoms. The number of amides is 2. The van der Waals surface area contributed by atoms with Crippen LogP contribution < -0.4 is 15.4 Å². The summed E-state index contributed by atoms with van der Waals surface area (Å²) in [5, 5.41) is 7.41. The Hall–Kier alpha value is -2.79. The van der Waals surface area contributed by atoms with Gasteiger partial charge in [-0.25, -0.2) is 17.5 Å². The molecule has 0 fully saturated rings. The molecule has 2 amide bonds. The molecule has 204 valence electrons. The molecule has 0 saturated heterocycles. The van der Waals surface area contributed by atoms with Crippen LogP contribution >= 0.6 is 22.9 Å². The smallest absolute Gasteiger partial charge is 0.262 e. The normalized spacial score (nSPS) is 12.3. The Morgan fingerprint density at radius 3 is 2.39 bits per heavy atom. The van der Waals surface area contributed by atoms with Crippen molar-refractivity contribution in [3.05, 3.63) is 75.7 Å². The predicted octanol–water partition coefficient (Wildman–Crippen LogP) is 5.23. The third-order valence-electron chi connectivity index (χ3n) is 5.64. The molecule has 0 unspecified atom stereocenters. The van der Waals surface area contributed by atoms with Gasteiger partial charge in [0.1, 0.15) is 16.8 Å². The lowest BCUT2D eigenvalue weighted by atomic mass is 10.0. The first-order chi connectivity index (χ1) is 18.1. The Labute approximate surface area is 231 Å². The SMILES string of the molecule is CC(C)C[C@H](NC(=O)c1cc(-c2ccccc2)cs1)C(=O)NCCCCNS(=O)(=O)c1ccc(F)cc1Cl. The molecule has 3 N–H and O–H groups in total. The van der Waals surface area contributed by atoms with E-state index in [2.05, 4.69) is 15.4 Å². The van der Waals surface area contributed by atoms with Gasteiger partial charge in [0, 0.05) is 13.1 Å². The van der Waals surface area contributed by atoms with Crippen LogP contribution in [0.15, 0.2) is 64.9 Å². The summed E-state index contributed by atoms with van der Waals surface area (Å²) < 4.78 is 40.4. The lowest BCUT2D eigenvalue weighted by Crippen LogP contribution is -2.47. The Bertz CT molecular complexity index is 1350. The first-order valence-corrected chi connectivity index (χ1v) is 15.0. The zero-order valence-electron chi connectivity index (χ0n) is 21.2. The molecular weight excluding hydrogens is 549 g/mol. The molecular formula is C27H31ClFN3O4S2. The molecule has 0 radical (unpaired) electrons. The van der Waals surface area contributed by atoms with E-state index in [1.165, 1.54) is 11.3 Å². The standard InChI is InChI=1S/C27H31ClFN3O4S2/c1-18(2)14-23(32-27(34)24-15-20(17-37-24)19-8-4-3-5-9-19)26(33)30-12-6-7-13-31-38(35,36)25-11-10-21(29)16-22(25)28/h3-5,8-11,15-18,23,31H,6-7,12-14H2,1-2H3,(H,30,33)(H,32,34)/t23-/m0/s1. The molecule has 7 nitrogen and oxygen atoms in total. The minimum absolute atomic E-state index is 0.125. The molecule has 0 bridgehead atoms. The topological polar surface area (TPSA) is 104 Å². The number of rotatable bonds is 13. The van der Waals surface area contributed by atoms with Gasteiger partial charge >= 0.3 is 0 Å². The summed E-state index contributed by atoms with van der Waals surface area (Å²) in [7, 11) is -3.88. The minimum atomic E-state index is -3.88. The number of carbonyl (C=O) groups is 2. The summed E-state index contributed by atoms with van der Waals surface area (Å²) in [5.41, 5.74) is 1.96. The zero-order valence-corrected chi connectivity index (χ0v) is 23.6. The number of nitrogens with one attached hydrogen (secondary N) is 3. The molecule has 0 aliphatic rings. The van der Waals surface area contributed by atoms with E-state index < -0.39 is 21.9 Å². The lowest BCUT2D eigenvalue weighted by Gasteiger charge is -2.20. The van der Waals surface area contributed by atoms with E-state index in [1.807, 2.05) is 55.6 Å². The van der Waals surface area contributed by atoms with Crippen LogP contribution in [-0.2, 0) is 14.8 Å². The van der Waals surface area contributed by atoms with Crippen LogP contribution in [0.25, 0.3) is 11.1 Å². The number of hydrogen-bond donors (Lipinski definition) is 3. The number of benzene rings is 2. The van der Waals surface area contributed by atoms with Gasteiger partial charge in [-0.3, -0.25) is 9.59 Å².